The molecule has 4 nitrogen and oxygen atoms in total. The minimum atomic E-state index is -0.550. The van der Waals surface area contributed by atoms with Gasteiger partial charge in [-0.25, -0.2) is 4.39 Å². The van der Waals surface area contributed by atoms with Crippen LogP contribution in [0.4, 0.5) is 10.1 Å². The highest BCUT2D eigenvalue weighted by molar-refractivity contribution is 9.10. The topological polar surface area (TPSA) is 75.4 Å². The molecule has 1 fully saturated rings. The predicted molar refractivity (Wildman–Crippen MR) is 83.4 cm³/mol. The lowest BCUT2D eigenvalue weighted by atomic mass is 9.79. The lowest BCUT2D eigenvalue weighted by molar-refractivity contribution is 0.0908. The maximum atomic E-state index is 13.3. The van der Waals surface area contributed by atoms with Crippen molar-refractivity contribution in [1.29, 1.82) is 0 Å². The molecule has 1 saturated carbocycles. The first-order chi connectivity index (χ1) is 10.0. The van der Waals surface area contributed by atoms with Crippen LogP contribution in [0.3, 0.4) is 0 Å². The van der Waals surface area contributed by atoms with Crippen molar-refractivity contribution in [2.24, 2.45) is 11.8 Å². The highest BCUT2D eigenvalue weighted by atomic mass is 79.9. The molecule has 0 heterocycles. The van der Waals surface area contributed by atoms with Crippen LogP contribution in [0.2, 0.25) is 0 Å². The Morgan fingerprint density at radius 3 is 2.71 bits per heavy atom. The van der Waals surface area contributed by atoms with Crippen LogP contribution in [-0.2, 0) is 0 Å². The first kappa shape index (κ1) is 16.2. The third-order valence-corrected chi connectivity index (χ3v) is 4.81. The summed E-state index contributed by atoms with van der Waals surface area (Å²) in [4.78, 5) is 12.2. The number of carbonyl (C=O) groups excluding carboxylic acids is 1. The van der Waals surface area contributed by atoms with E-state index in [1.165, 1.54) is 12.1 Å². The lowest BCUT2D eigenvalue weighted by Gasteiger charge is -2.30. The molecule has 2 atom stereocenters. The Bertz CT molecular complexity index is 525. The lowest BCUT2D eigenvalue weighted by Crippen LogP contribution is -2.35. The number of amides is 1. The second-order valence-electron chi connectivity index (χ2n) is 5.55. The van der Waals surface area contributed by atoms with Gasteiger partial charge < -0.3 is 16.2 Å². The van der Waals surface area contributed by atoms with Crippen molar-refractivity contribution in [2.45, 2.75) is 25.7 Å². The fourth-order valence-corrected chi connectivity index (χ4v) is 3.35. The van der Waals surface area contributed by atoms with Crippen molar-refractivity contribution in [3.8, 4) is 0 Å². The van der Waals surface area contributed by atoms with E-state index in [-0.39, 0.29) is 24.1 Å². The molecule has 2 rings (SSSR count). The quantitative estimate of drug-likeness (QED) is 0.724. The number of benzene rings is 1. The number of aliphatic hydroxyl groups is 1. The molecule has 0 aromatic heterocycles. The number of rotatable bonds is 4. The van der Waals surface area contributed by atoms with Crippen LogP contribution < -0.4 is 11.1 Å². The van der Waals surface area contributed by atoms with Crippen molar-refractivity contribution < 1.29 is 14.3 Å². The fourth-order valence-electron chi connectivity index (χ4n) is 2.85. The Kier molecular flexibility index (Phi) is 5.58. The normalized spacial score (nSPS) is 22.0. The van der Waals surface area contributed by atoms with Crippen LogP contribution in [0.25, 0.3) is 0 Å². The molecule has 0 saturated heterocycles. The second-order valence-corrected chi connectivity index (χ2v) is 6.41. The summed E-state index contributed by atoms with van der Waals surface area (Å²) in [6.07, 6.45) is 4.28. The van der Waals surface area contributed by atoms with Crippen LogP contribution >= 0.6 is 15.9 Å². The minimum Gasteiger partial charge on any atom is -0.396 e. The van der Waals surface area contributed by atoms with Gasteiger partial charge in [-0.2, -0.15) is 0 Å². The van der Waals surface area contributed by atoms with Gasteiger partial charge in [-0.05, 0) is 52.7 Å². The zero-order chi connectivity index (χ0) is 15.4. The molecule has 1 aromatic rings. The van der Waals surface area contributed by atoms with E-state index in [4.69, 9.17) is 5.73 Å². The van der Waals surface area contributed by atoms with Crippen LogP contribution in [0.15, 0.2) is 16.6 Å². The van der Waals surface area contributed by atoms with Crippen LogP contribution in [0.1, 0.15) is 36.0 Å². The molecule has 21 heavy (non-hydrogen) atoms. The third kappa shape index (κ3) is 3.95. The highest BCUT2D eigenvalue weighted by Crippen LogP contribution is 2.29. The molecule has 1 aromatic carbocycles. The number of anilines is 1. The average Bonchev–Trinajstić information content (AvgIpc) is 2.48. The van der Waals surface area contributed by atoms with Gasteiger partial charge in [0.25, 0.3) is 5.91 Å². The van der Waals surface area contributed by atoms with E-state index in [0.717, 1.165) is 25.7 Å². The summed E-state index contributed by atoms with van der Waals surface area (Å²) < 4.78 is 13.7. The van der Waals surface area contributed by atoms with E-state index in [1.54, 1.807) is 0 Å². The van der Waals surface area contributed by atoms with E-state index in [1.807, 2.05) is 0 Å². The first-order valence-corrected chi connectivity index (χ1v) is 7.95. The molecule has 1 aliphatic carbocycles. The minimum absolute atomic E-state index is 0.0470. The molecule has 0 bridgehead atoms. The van der Waals surface area contributed by atoms with E-state index in [9.17, 15) is 14.3 Å². The van der Waals surface area contributed by atoms with E-state index < -0.39 is 5.82 Å². The predicted octanol–water partition coefficient (Wildman–Crippen LogP) is 2.70. The van der Waals surface area contributed by atoms with E-state index in [0.29, 0.717) is 22.5 Å². The van der Waals surface area contributed by atoms with Crippen LogP contribution in [0.5, 0.6) is 0 Å². The van der Waals surface area contributed by atoms with Crippen molar-refractivity contribution in [3.05, 3.63) is 28.0 Å². The zero-order valence-corrected chi connectivity index (χ0v) is 13.3. The number of carbonyl (C=O) groups is 1. The third-order valence-electron chi connectivity index (χ3n) is 4.16. The maximum absolute atomic E-state index is 13.3. The standard InChI is InChI=1S/C15H20BrFN2O2/c16-12-6-13(17)14(18)5-11(12)15(21)19-7-9-3-1-2-4-10(9)8-20/h5-6,9-10,20H,1-4,7-8,18H2,(H,19,21). The summed E-state index contributed by atoms with van der Waals surface area (Å²) in [5.74, 6) is -0.285. The molecular formula is C15H20BrFN2O2. The Labute approximate surface area is 132 Å². The van der Waals surface area contributed by atoms with Gasteiger partial charge in [0.1, 0.15) is 5.82 Å². The number of nitrogen functional groups attached to an aromatic ring is 1. The number of hydrogen-bond acceptors (Lipinski definition) is 3. The Balaban J connectivity index is 2.00. The molecule has 4 N–H and O–H groups in total. The molecule has 116 valence electrons. The SMILES string of the molecule is Nc1cc(C(=O)NCC2CCCCC2CO)c(Br)cc1F. The fraction of sp³-hybridized carbons (Fsp3) is 0.533. The summed E-state index contributed by atoms with van der Waals surface area (Å²) in [7, 11) is 0. The molecule has 0 spiro atoms. The van der Waals surface area contributed by atoms with Gasteiger partial charge in [0.2, 0.25) is 0 Å². The Morgan fingerprint density at radius 1 is 1.38 bits per heavy atom. The Morgan fingerprint density at radius 2 is 2.05 bits per heavy atom. The van der Waals surface area contributed by atoms with Crippen LogP contribution in [0, 0.1) is 17.7 Å². The van der Waals surface area contributed by atoms with Gasteiger partial charge in [0.05, 0.1) is 11.3 Å². The maximum Gasteiger partial charge on any atom is 0.252 e. The largest absolute Gasteiger partial charge is 0.396 e. The van der Waals surface area contributed by atoms with Gasteiger partial charge in [-0.3, -0.25) is 4.79 Å². The second kappa shape index (κ2) is 7.22. The van der Waals surface area contributed by atoms with Crippen molar-refractivity contribution >= 4 is 27.5 Å². The summed E-state index contributed by atoms with van der Waals surface area (Å²) >= 11 is 3.18. The van der Waals surface area contributed by atoms with Crippen molar-refractivity contribution in [3.63, 3.8) is 0 Å². The summed E-state index contributed by atoms with van der Waals surface area (Å²) in [5, 5.41) is 12.2. The van der Waals surface area contributed by atoms with Gasteiger partial charge >= 0.3 is 0 Å². The van der Waals surface area contributed by atoms with Crippen LogP contribution in [-0.4, -0.2) is 24.2 Å². The summed E-state index contributed by atoms with van der Waals surface area (Å²) in [6.45, 7) is 0.682. The number of hydrogen-bond donors (Lipinski definition) is 3. The number of nitrogens with one attached hydrogen (secondary N) is 1. The Hall–Kier alpha value is -1.14. The molecule has 1 amide bonds. The van der Waals surface area contributed by atoms with Crippen molar-refractivity contribution in [2.75, 3.05) is 18.9 Å². The first-order valence-electron chi connectivity index (χ1n) is 7.16. The van der Waals surface area contributed by atoms with E-state index in [2.05, 4.69) is 21.2 Å². The number of halogens is 2. The number of nitrogens with two attached hydrogens (primary N) is 1. The average molecular weight is 359 g/mol. The van der Waals surface area contributed by atoms with Gasteiger partial charge in [-0.1, -0.05) is 12.8 Å². The van der Waals surface area contributed by atoms with Gasteiger partial charge in [0, 0.05) is 17.6 Å². The molecule has 1 aliphatic rings. The number of aliphatic hydroxyl groups excluding tert-OH is 1. The summed E-state index contributed by atoms with van der Waals surface area (Å²) in [5.41, 5.74) is 5.78. The molecule has 2 unspecified atom stereocenters. The molecule has 0 aliphatic heterocycles. The van der Waals surface area contributed by atoms with Gasteiger partial charge in [-0.15, -0.1) is 0 Å². The molecule has 6 heteroatoms. The highest BCUT2D eigenvalue weighted by Gasteiger charge is 2.25. The smallest absolute Gasteiger partial charge is 0.252 e. The van der Waals surface area contributed by atoms with E-state index >= 15 is 0 Å². The van der Waals surface area contributed by atoms with Gasteiger partial charge in [0.15, 0.2) is 0 Å². The molecule has 0 radical (unpaired) electrons. The van der Waals surface area contributed by atoms with Crippen molar-refractivity contribution in [1.82, 2.24) is 5.32 Å². The monoisotopic (exact) mass is 358 g/mol. The molecular weight excluding hydrogens is 339 g/mol. The summed E-state index contributed by atoms with van der Waals surface area (Å²) in [6, 6.07) is 2.53. The zero-order valence-electron chi connectivity index (χ0n) is 11.7.